The summed E-state index contributed by atoms with van der Waals surface area (Å²) < 4.78 is 4.04. The predicted octanol–water partition coefficient (Wildman–Crippen LogP) is 5.58. The molecular weight excluding hydrogens is 738 g/mol. The van der Waals surface area contributed by atoms with Crippen LogP contribution in [-0.4, -0.2) is 77.6 Å². The van der Waals surface area contributed by atoms with Gasteiger partial charge < -0.3 is 5.32 Å². The number of aryl methyl sites for hydroxylation is 2. The van der Waals surface area contributed by atoms with Crippen LogP contribution in [0.4, 0.5) is 5.69 Å². The number of aromatic nitrogens is 5. The van der Waals surface area contributed by atoms with E-state index in [1.165, 1.54) is 5.56 Å². The quantitative estimate of drug-likeness (QED) is 0.117. The zero-order valence-electron chi connectivity index (χ0n) is 30.7. The number of amides is 4. The zero-order valence-corrected chi connectivity index (χ0v) is 32.3. The van der Waals surface area contributed by atoms with Crippen LogP contribution < -0.4 is 10.6 Å². The highest BCUT2D eigenvalue weighted by atomic mass is 35.5. The number of nitrogens with one attached hydrogen (secondary N) is 2. The number of rotatable bonds is 8. The molecule has 55 heavy (non-hydrogen) atoms. The molecule has 0 spiro atoms. The van der Waals surface area contributed by atoms with E-state index in [1.807, 2.05) is 29.9 Å². The minimum Gasteiger partial charge on any atom is -0.384 e. The molecular formula is C40H38ClN9O4S. The van der Waals surface area contributed by atoms with E-state index in [-0.39, 0.29) is 36.1 Å². The van der Waals surface area contributed by atoms with Gasteiger partial charge in [-0.15, -0.1) is 21.5 Å². The lowest BCUT2D eigenvalue weighted by atomic mass is 9.94. The van der Waals surface area contributed by atoms with Crippen molar-refractivity contribution in [1.82, 2.24) is 39.7 Å². The predicted molar refractivity (Wildman–Crippen MR) is 207 cm³/mol. The van der Waals surface area contributed by atoms with Crippen molar-refractivity contribution in [2.75, 3.05) is 18.9 Å². The zero-order chi connectivity index (χ0) is 38.5. The first kappa shape index (κ1) is 36.4. The van der Waals surface area contributed by atoms with E-state index in [4.69, 9.17) is 11.6 Å². The van der Waals surface area contributed by atoms with Crippen molar-refractivity contribution in [3.63, 3.8) is 0 Å². The summed E-state index contributed by atoms with van der Waals surface area (Å²) in [6.45, 7) is 7.51. The topological polar surface area (TPSA) is 147 Å². The van der Waals surface area contributed by atoms with Crippen molar-refractivity contribution >= 4 is 52.3 Å². The molecule has 0 saturated carbocycles. The summed E-state index contributed by atoms with van der Waals surface area (Å²) in [5.41, 5.74) is 5.29. The number of benzene rings is 2. The normalized spacial score (nSPS) is 19.4. The second kappa shape index (κ2) is 14.6. The molecule has 3 aliphatic rings. The Kier molecular flexibility index (Phi) is 9.62. The van der Waals surface area contributed by atoms with Gasteiger partial charge in [-0.3, -0.25) is 43.5 Å². The number of fused-ring (bicyclic) bond motifs is 4. The molecule has 3 atom stereocenters. The first-order valence-electron chi connectivity index (χ1n) is 18.2. The second-order valence-electron chi connectivity index (χ2n) is 14.1. The van der Waals surface area contributed by atoms with Crippen LogP contribution in [0, 0.1) is 25.7 Å². The van der Waals surface area contributed by atoms with E-state index in [9.17, 15) is 19.2 Å². The number of carbonyl (C=O) groups excluding carboxylic acids is 4. The van der Waals surface area contributed by atoms with E-state index in [2.05, 4.69) is 80.3 Å². The fourth-order valence-corrected chi connectivity index (χ4v) is 9.01. The third-order valence-corrected chi connectivity index (χ3v) is 12.1. The van der Waals surface area contributed by atoms with Crippen LogP contribution in [0.25, 0.3) is 5.00 Å². The first-order chi connectivity index (χ1) is 26.5. The number of piperidine rings is 1. The lowest BCUT2D eigenvalue weighted by molar-refractivity contribution is -0.136. The van der Waals surface area contributed by atoms with Crippen LogP contribution >= 0.6 is 22.9 Å². The van der Waals surface area contributed by atoms with Gasteiger partial charge >= 0.3 is 0 Å². The molecule has 0 aliphatic carbocycles. The minimum absolute atomic E-state index is 0.0174. The molecule has 0 bridgehead atoms. The first-order valence-corrected chi connectivity index (χ1v) is 19.4. The van der Waals surface area contributed by atoms with Crippen molar-refractivity contribution < 1.29 is 19.2 Å². The number of carbonyl (C=O) groups is 4. The maximum atomic E-state index is 13.4. The average molecular weight is 776 g/mol. The summed E-state index contributed by atoms with van der Waals surface area (Å²) in [6.07, 6.45) is 5.49. The van der Waals surface area contributed by atoms with Crippen molar-refractivity contribution in [2.24, 2.45) is 0 Å². The Labute approximate surface area is 326 Å². The Morgan fingerprint density at radius 1 is 1.02 bits per heavy atom. The largest absolute Gasteiger partial charge is 0.384 e. The number of hydrogen-bond acceptors (Lipinski definition) is 10. The summed E-state index contributed by atoms with van der Waals surface area (Å²) in [4.78, 5) is 54.9. The van der Waals surface area contributed by atoms with E-state index >= 15 is 0 Å². The molecule has 15 heteroatoms. The van der Waals surface area contributed by atoms with Crippen molar-refractivity contribution in [3.8, 4) is 16.8 Å². The average Bonchev–Trinajstić information content (AvgIpc) is 3.91. The number of imide groups is 2. The van der Waals surface area contributed by atoms with Crippen molar-refractivity contribution in [2.45, 2.75) is 71.1 Å². The SMILES string of the molecule is Cc1c(C#Cc2cnn(CCCCNc3cccc4c3C(=O)N(C3CCC(=O)NC3=O)C4=O)c2)sc2c1C(c1ccc(Cl)cc1)N(C)[C@@H](C)c1nnc(C)n1-2. The summed E-state index contributed by atoms with van der Waals surface area (Å²) in [6, 6.07) is 12.1. The van der Waals surface area contributed by atoms with Crippen LogP contribution in [-0.2, 0) is 16.1 Å². The van der Waals surface area contributed by atoms with Crippen molar-refractivity contribution in [3.05, 3.63) is 110 Å². The summed E-state index contributed by atoms with van der Waals surface area (Å²) in [7, 11) is 2.12. The van der Waals surface area contributed by atoms with Gasteiger partial charge in [0.05, 0.1) is 39.8 Å². The van der Waals surface area contributed by atoms with Gasteiger partial charge in [-0.25, -0.2) is 0 Å². The van der Waals surface area contributed by atoms with Crippen molar-refractivity contribution in [1.29, 1.82) is 0 Å². The Morgan fingerprint density at radius 2 is 1.82 bits per heavy atom. The molecule has 6 heterocycles. The fourth-order valence-electron chi connectivity index (χ4n) is 7.64. The summed E-state index contributed by atoms with van der Waals surface area (Å²) in [5.74, 6) is 6.41. The smallest absolute Gasteiger partial charge is 0.264 e. The van der Waals surface area contributed by atoms with Crippen LogP contribution in [0.1, 0.15) is 104 Å². The number of thiophene rings is 1. The van der Waals surface area contributed by atoms with E-state index in [0.29, 0.717) is 23.8 Å². The highest BCUT2D eigenvalue weighted by Gasteiger charge is 2.45. The second-order valence-corrected chi connectivity index (χ2v) is 15.5. The molecule has 8 rings (SSSR count). The van der Waals surface area contributed by atoms with Gasteiger partial charge in [0.2, 0.25) is 11.8 Å². The molecule has 1 saturated heterocycles. The molecule has 5 aromatic rings. The van der Waals surface area contributed by atoms with Gasteiger partial charge in [0.15, 0.2) is 5.82 Å². The molecule has 4 amide bonds. The Morgan fingerprint density at radius 3 is 2.60 bits per heavy atom. The number of halogens is 1. The van der Waals surface area contributed by atoms with Gasteiger partial charge in [-0.05, 0) is 82.5 Å². The Hall–Kier alpha value is -5.62. The van der Waals surface area contributed by atoms with Crippen LogP contribution in [0.5, 0.6) is 0 Å². The molecule has 1 fully saturated rings. The molecule has 3 aromatic heterocycles. The maximum Gasteiger partial charge on any atom is 0.264 e. The summed E-state index contributed by atoms with van der Waals surface area (Å²) in [5, 5.41) is 20.9. The van der Waals surface area contributed by atoms with Gasteiger partial charge in [0.25, 0.3) is 11.8 Å². The van der Waals surface area contributed by atoms with E-state index in [0.717, 1.165) is 56.0 Å². The molecule has 0 radical (unpaired) electrons. The molecule has 2 aromatic carbocycles. The highest BCUT2D eigenvalue weighted by molar-refractivity contribution is 7.15. The lowest BCUT2D eigenvalue weighted by Crippen LogP contribution is -2.54. The van der Waals surface area contributed by atoms with Gasteiger partial charge in [-0.2, -0.15) is 5.10 Å². The molecule has 3 aliphatic heterocycles. The van der Waals surface area contributed by atoms with Gasteiger partial charge in [-0.1, -0.05) is 41.6 Å². The monoisotopic (exact) mass is 775 g/mol. The summed E-state index contributed by atoms with van der Waals surface area (Å²) >= 11 is 7.93. The number of unbranched alkanes of at least 4 members (excludes halogenated alkanes) is 1. The lowest BCUT2D eigenvalue weighted by Gasteiger charge is -2.31. The Balaban J connectivity index is 0.933. The highest BCUT2D eigenvalue weighted by Crippen LogP contribution is 2.46. The maximum absolute atomic E-state index is 13.4. The minimum atomic E-state index is -1.00. The van der Waals surface area contributed by atoms with Crippen LogP contribution in [0.2, 0.25) is 5.02 Å². The van der Waals surface area contributed by atoms with E-state index in [1.54, 1.807) is 35.7 Å². The Bertz CT molecular complexity index is 2440. The molecule has 13 nitrogen and oxygen atoms in total. The standard InChI is InChI=1S/C40H38ClN9O4S/c1-22-31(55-40-33(22)35(26-11-13-27(41)14-12-26)47(4)23(2)36-46-45-24(3)49(36)40)16-10-25-20-43-48(21-25)19-6-5-18-42-29-9-7-8-28-34(29)39(54)50(38(28)53)30-15-17-32(51)44-37(30)52/h7-9,11-14,20-21,23,30,35,42H,5-6,15,17-19H2,1-4H3,(H,44,51,52)/t23-,30?,35?/m0/s1. The number of hydrogen-bond donors (Lipinski definition) is 2. The molecule has 2 unspecified atom stereocenters. The van der Waals surface area contributed by atoms with E-state index < -0.39 is 29.7 Å². The van der Waals surface area contributed by atoms with Gasteiger partial charge in [0, 0.05) is 42.0 Å². The van der Waals surface area contributed by atoms with Gasteiger partial charge in [0.1, 0.15) is 16.9 Å². The number of anilines is 1. The molecule has 280 valence electrons. The molecule has 2 N–H and O–H groups in total. The fraction of sp³-hybridized carbons (Fsp3) is 0.325. The van der Waals surface area contributed by atoms with Crippen LogP contribution in [0.3, 0.4) is 0 Å². The third kappa shape index (κ3) is 6.52. The van der Waals surface area contributed by atoms with Crippen LogP contribution in [0.15, 0.2) is 54.9 Å². The number of nitrogens with zero attached hydrogens (tertiary/aromatic N) is 7. The third-order valence-electron chi connectivity index (χ3n) is 10.6.